The third kappa shape index (κ3) is 4.06. The lowest BCUT2D eigenvalue weighted by atomic mass is 9.78. The van der Waals surface area contributed by atoms with Crippen LogP contribution in [0, 0.1) is 17.7 Å². The van der Waals surface area contributed by atoms with Crippen LogP contribution in [0.2, 0.25) is 0 Å². The molecule has 22 heavy (non-hydrogen) atoms. The van der Waals surface area contributed by atoms with E-state index >= 15 is 0 Å². The van der Waals surface area contributed by atoms with Crippen LogP contribution in [0.15, 0.2) is 24.3 Å². The zero-order chi connectivity index (χ0) is 16.1. The first-order valence-corrected chi connectivity index (χ1v) is 7.70. The second-order valence-corrected chi connectivity index (χ2v) is 6.00. The van der Waals surface area contributed by atoms with Crippen LogP contribution in [0.5, 0.6) is 0 Å². The number of benzene rings is 1. The predicted molar refractivity (Wildman–Crippen MR) is 80.8 cm³/mol. The van der Waals surface area contributed by atoms with E-state index in [0.717, 1.165) is 12.8 Å². The summed E-state index contributed by atoms with van der Waals surface area (Å²) in [4.78, 5) is 23.6. The highest BCUT2D eigenvalue weighted by Crippen LogP contribution is 2.29. The summed E-state index contributed by atoms with van der Waals surface area (Å²) in [6.07, 6.45) is 3.21. The van der Waals surface area contributed by atoms with Crippen LogP contribution in [0.4, 0.5) is 4.39 Å². The third-order valence-electron chi connectivity index (χ3n) is 4.48. The summed E-state index contributed by atoms with van der Waals surface area (Å²) in [5.74, 6) is -0.837. The van der Waals surface area contributed by atoms with Crippen LogP contribution in [-0.4, -0.2) is 24.5 Å². The molecule has 0 bridgehead atoms. The van der Waals surface area contributed by atoms with Crippen molar-refractivity contribution in [3.63, 3.8) is 0 Å². The first-order chi connectivity index (χ1) is 10.5. The molecule has 0 saturated heterocycles. The van der Waals surface area contributed by atoms with E-state index in [4.69, 9.17) is 4.74 Å². The van der Waals surface area contributed by atoms with Crippen LogP contribution < -0.4 is 5.32 Å². The molecule has 0 heterocycles. The molecule has 5 heteroatoms. The van der Waals surface area contributed by atoms with Gasteiger partial charge in [-0.3, -0.25) is 4.79 Å². The van der Waals surface area contributed by atoms with E-state index < -0.39 is 11.8 Å². The Kier molecular flexibility index (Phi) is 5.52. The van der Waals surface area contributed by atoms with Gasteiger partial charge in [0.2, 0.25) is 0 Å². The van der Waals surface area contributed by atoms with Gasteiger partial charge in [0.25, 0.3) is 5.91 Å². The van der Waals surface area contributed by atoms with Gasteiger partial charge in [-0.05, 0) is 30.4 Å². The van der Waals surface area contributed by atoms with E-state index in [1.165, 1.54) is 24.6 Å². The number of carbonyl (C=O) groups excluding carboxylic acids is 2. The van der Waals surface area contributed by atoms with Gasteiger partial charge in [-0.1, -0.05) is 38.8 Å². The molecule has 0 aromatic heterocycles. The smallest absolute Gasteiger partial charge is 0.341 e. The lowest BCUT2D eigenvalue weighted by Gasteiger charge is -2.34. The molecule has 1 fully saturated rings. The lowest BCUT2D eigenvalue weighted by Crippen LogP contribution is -2.45. The standard InChI is InChI=1S/C17H22FNO3/c1-11-6-5-9-15(12(11)2)19-16(20)10-22-17(21)13-7-3-4-8-14(13)18/h3-4,7-8,11-12,15H,5-6,9-10H2,1-2H3,(H,19,20)/t11-,12+,15-/m0/s1. The second kappa shape index (κ2) is 7.38. The van der Waals surface area contributed by atoms with Gasteiger partial charge in [-0.15, -0.1) is 0 Å². The molecule has 1 aromatic rings. The maximum atomic E-state index is 13.4. The second-order valence-electron chi connectivity index (χ2n) is 6.00. The summed E-state index contributed by atoms with van der Waals surface area (Å²) >= 11 is 0. The molecule has 0 spiro atoms. The van der Waals surface area contributed by atoms with Crippen molar-refractivity contribution >= 4 is 11.9 Å². The van der Waals surface area contributed by atoms with Gasteiger partial charge >= 0.3 is 5.97 Å². The van der Waals surface area contributed by atoms with Gasteiger partial charge in [0, 0.05) is 6.04 Å². The van der Waals surface area contributed by atoms with E-state index in [9.17, 15) is 14.0 Å². The maximum Gasteiger partial charge on any atom is 0.341 e. The van der Waals surface area contributed by atoms with E-state index in [1.807, 2.05) is 0 Å². The van der Waals surface area contributed by atoms with Crippen LogP contribution in [-0.2, 0) is 9.53 Å². The number of hydrogen-bond acceptors (Lipinski definition) is 3. The minimum atomic E-state index is -0.821. The molecule has 1 aromatic carbocycles. The number of hydrogen-bond donors (Lipinski definition) is 1. The number of esters is 1. The van der Waals surface area contributed by atoms with Crippen molar-refractivity contribution in [2.75, 3.05) is 6.61 Å². The zero-order valence-corrected chi connectivity index (χ0v) is 13.0. The molecule has 0 unspecified atom stereocenters. The number of carbonyl (C=O) groups is 2. The molecule has 4 nitrogen and oxygen atoms in total. The molecule has 1 saturated carbocycles. The third-order valence-corrected chi connectivity index (χ3v) is 4.48. The Morgan fingerprint density at radius 3 is 2.73 bits per heavy atom. The van der Waals surface area contributed by atoms with Crippen LogP contribution >= 0.6 is 0 Å². The average molecular weight is 307 g/mol. The van der Waals surface area contributed by atoms with E-state index in [2.05, 4.69) is 19.2 Å². The van der Waals surface area contributed by atoms with Crippen molar-refractivity contribution in [2.45, 2.75) is 39.2 Å². The van der Waals surface area contributed by atoms with E-state index in [0.29, 0.717) is 11.8 Å². The molecule has 1 amide bonds. The molecule has 1 aliphatic rings. The SMILES string of the molecule is C[C@H]1[C@@H](NC(=O)COC(=O)c2ccccc2F)CCC[C@@H]1C. The minimum Gasteiger partial charge on any atom is -0.452 e. The van der Waals surface area contributed by atoms with Gasteiger partial charge in [-0.25, -0.2) is 9.18 Å². The number of rotatable bonds is 4. The van der Waals surface area contributed by atoms with Crippen molar-refractivity contribution in [3.8, 4) is 0 Å². The fraction of sp³-hybridized carbons (Fsp3) is 0.529. The van der Waals surface area contributed by atoms with Crippen LogP contribution in [0.25, 0.3) is 0 Å². The van der Waals surface area contributed by atoms with Crippen LogP contribution in [0.3, 0.4) is 0 Å². The summed E-state index contributed by atoms with van der Waals surface area (Å²) < 4.78 is 18.3. The molecule has 1 aliphatic carbocycles. The van der Waals surface area contributed by atoms with Crippen LogP contribution in [0.1, 0.15) is 43.5 Å². The largest absolute Gasteiger partial charge is 0.452 e. The molecule has 120 valence electrons. The molecule has 1 N–H and O–H groups in total. The highest BCUT2D eigenvalue weighted by molar-refractivity contribution is 5.91. The Hall–Kier alpha value is -1.91. The van der Waals surface area contributed by atoms with Gasteiger partial charge in [0.15, 0.2) is 6.61 Å². The minimum absolute atomic E-state index is 0.114. The van der Waals surface area contributed by atoms with Crippen molar-refractivity contribution < 1.29 is 18.7 Å². The Balaban J connectivity index is 1.83. The summed E-state index contributed by atoms with van der Waals surface area (Å²) in [6, 6.07) is 5.67. The Labute approximate surface area is 130 Å². The van der Waals surface area contributed by atoms with Gasteiger partial charge in [0.05, 0.1) is 5.56 Å². The van der Waals surface area contributed by atoms with Gasteiger partial charge in [0.1, 0.15) is 5.82 Å². The Bertz CT molecular complexity index is 546. The van der Waals surface area contributed by atoms with E-state index in [-0.39, 0.29) is 24.1 Å². The first kappa shape index (κ1) is 16.5. The van der Waals surface area contributed by atoms with E-state index in [1.54, 1.807) is 6.07 Å². The Morgan fingerprint density at radius 2 is 2.00 bits per heavy atom. The topological polar surface area (TPSA) is 55.4 Å². The molecular weight excluding hydrogens is 285 g/mol. The summed E-state index contributed by atoms with van der Waals surface area (Å²) in [5.41, 5.74) is -0.157. The highest BCUT2D eigenvalue weighted by atomic mass is 19.1. The Morgan fingerprint density at radius 1 is 1.27 bits per heavy atom. The van der Waals surface area contributed by atoms with Crippen molar-refractivity contribution in [2.24, 2.45) is 11.8 Å². The molecule has 0 radical (unpaired) electrons. The first-order valence-electron chi connectivity index (χ1n) is 7.70. The number of nitrogens with one attached hydrogen (secondary N) is 1. The molecular formula is C17H22FNO3. The van der Waals surface area contributed by atoms with Crippen molar-refractivity contribution in [3.05, 3.63) is 35.6 Å². The molecule has 0 aliphatic heterocycles. The number of amides is 1. The normalized spacial score (nSPS) is 24.6. The lowest BCUT2D eigenvalue weighted by molar-refractivity contribution is -0.125. The summed E-state index contributed by atoms with van der Waals surface area (Å²) in [5, 5.41) is 2.91. The maximum absolute atomic E-state index is 13.4. The number of ether oxygens (including phenoxy) is 1. The van der Waals surface area contributed by atoms with Crippen molar-refractivity contribution in [1.82, 2.24) is 5.32 Å². The predicted octanol–water partition coefficient (Wildman–Crippen LogP) is 2.92. The summed E-state index contributed by atoms with van der Waals surface area (Å²) in [6.45, 7) is 3.92. The zero-order valence-electron chi connectivity index (χ0n) is 13.0. The van der Waals surface area contributed by atoms with Gasteiger partial charge < -0.3 is 10.1 Å². The summed E-state index contributed by atoms with van der Waals surface area (Å²) in [7, 11) is 0. The van der Waals surface area contributed by atoms with Gasteiger partial charge in [-0.2, -0.15) is 0 Å². The fourth-order valence-corrected chi connectivity index (χ4v) is 2.87. The number of halogens is 1. The molecule has 2 rings (SSSR count). The fourth-order valence-electron chi connectivity index (χ4n) is 2.87. The van der Waals surface area contributed by atoms with Crippen molar-refractivity contribution in [1.29, 1.82) is 0 Å². The molecule has 3 atom stereocenters. The monoisotopic (exact) mass is 307 g/mol. The quantitative estimate of drug-likeness (QED) is 0.870. The highest BCUT2D eigenvalue weighted by Gasteiger charge is 2.28. The average Bonchev–Trinajstić information content (AvgIpc) is 2.50.